The normalized spacial score (nSPS) is 10.3. The summed E-state index contributed by atoms with van der Waals surface area (Å²) < 4.78 is 19.6. The summed E-state index contributed by atoms with van der Waals surface area (Å²) in [6.45, 7) is 2.33. The van der Waals surface area contributed by atoms with Gasteiger partial charge in [-0.2, -0.15) is 0 Å². The van der Waals surface area contributed by atoms with Crippen LogP contribution in [-0.4, -0.2) is 0 Å². The van der Waals surface area contributed by atoms with Crippen molar-refractivity contribution in [1.29, 1.82) is 0 Å². The van der Waals surface area contributed by atoms with Gasteiger partial charge in [0.1, 0.15) is 18.2 Å². The average Bonchev–Trinajstić information content (AvgIpc) is 2.33. The lowest BCUT2D eigenvalue weighted by molar-refractivity contribution is 0.302. The van der Waals surface area contributed by atoms with Crippen LogP contribution in [0.1, 0.15) is 11.1 Å². The molecule has 0 aliphatic carbocycles. The van der Waals surface area contributed by atoms with E-state index in [1.165, 1.54) is 12.1 Å². The summed E-state index contributed by atoms with van der Waals surface area (Å²) >= 11 is 3.30. The van der Waals surface area contributed by atoms with Crippen molar-refractivity contribution in [2.75, 3.05) is 0 Å². The molecular weight excluding hydrogens is 283 g/mol. The van der Waals surface area contributed by atoms with Gasteiger partial charge in [0.15, 0.2) is 0 Å². The van der Waals surface area contributed by atoms with Crippen LogP contribution in [0.2, 0.25) is 0 Å². The minimum absolute atomic E-state index is 0.300. The van der Waals surface area contributed by atoms with Crippen LogP contribution in [0.4, 0.5) is 4.39 Å². The first-order valence-corrected chi connectivity index (χ1v) is 6.08. The highest BCUT2D eigenvalue weighted by Crippen LogP contribution is 2.28. The van der Waals surface area contributed by atoms with Gasteiger partial charge in [-0.25, -0.2) is 4.39 Å². The predicted molar refractivity (Wildman–Crippen MR) is 69.6 cm³/mol. The quantitative estimate of drug-likeness (QED) is 0.811. The molecule has 88 valence electrons. The monoisotopic (exact) mass is 294 g/mol. The average molecular weight is 295 g/mol. The van der Waals surface area contributed by atoms with Crippen LogP contribution in [0.5, 0.6) is 5.75 Å². The fourth-order valence-corrected chi connectivity index (χ4v) is 1.92. The minimum Gasteiger partial charge on any atom is -0.488 e. The Morgan fingerprint density at radius 3 is 2.59 bits per heavy atom. The van der Waals surface area contributed by atoms with Crippen molar-refractivity contribution in [3.8, 4) is 5.75 Å². The lowest BCUT2D eigenvalue weighted by Crippen LogP contribution is -1.97. The second-order valence-corrected chi connectivity index (χ2v) is 4.64. The molecule has 0 fully saturated rings. The zero-order chi connectivity index (χ0) is 12.3. The van der Waals surface area contributed by atoms with Gasteiger partial charge in [0.05, 0.1) is 0 Å². The second-order valence-electron chi connectivity index (χ2n) is 3.79. The van der Waals surface area contributed by atoms with Gasteiger partial charge in [-0.3, -0.25) is 0 Å². The van der Waals surface area contributed by atoms with E-state index in [-0.39, 0.29) is 5.82 Å². The van der Waals surface area contributed by atoms with Crippen LogP contribution < -0.4 is 4.74 Å². The smallest absolute Gasteiger partial charge is 0.128 e. The zero-order valence-corrected chi connectivity index (χ0v) is 11.0. The summed E-state index contributed by atoms with van der Waals surface area (Å²) in [5, 5.41) is 0. The third kappa shape index (κ3) is 3.07. The third-order valence-corrected chi connectivity index (χ3v) is 3.32. The largest absolute Gasteiger partial charge is 0.488 e. The molecule has 17 heavy (non-hydrogen) atoms. The molecule has 0 radical (unpaired) electrons. The molecule has 0 unspecified atom stereocenters. The minimum atomic E-state index is -0.300. The molecule has 0 saturated heterocycles. The molecular formula is C14H12BrFO. The van der Waals surface area contributed by atoms with Crippen molar-refractivity contribution >= 4 is 15.9 Å². The van der Waals surface area contributed by atoms with Crippen molar-refractivity contribution < 1.29 is 9.13 Å². The van der Waals surface area contributed by atoms with Crippen molar-refractivity contribution in [1.82, 2.24) is 0 Å². The van der Waals surface area contributed by atoms with Crippen molar-refractivity contribution in [3.05, 3.63) is 63.9 Å². The van der Waals surface area contributed by atoms with Crippen molar-refractivity contribution in [2.24, 2.45) is 0 Å². The topological polar surface area (TPSA) is 9.23 Å². The molecule has 0 heterocycles. The molecule has 0 spiro atoms. The highest BCUT2D eigenvalue weighted by Gasteiger charge is 2.06. The van der Waals surface area contributed by atoms with Crippen LogP contribution in [0, 0.1) is 12.7 Å². The first kappa shape index (κ1) is 12.1. The summed E-state index contributed by atoms with van der Waals surface area (Å²) in [5.41, 5.74) is 1.97. The standard InChI is InChI=1S/C14H12BrFO/c1-10-13(15)7-12(16)8-14(10)17-9-11-5-3-2-4-6-11/h2-8H,9H2,1H3. The molecule has 0 bridgehead atoms. The van der Waals surface area contributed by atoms with Crippen molar-refractivity contribution in [2.45, 2.75) is 13.5 Å². The fourth-order valence-electron chi connectivity index (χ4n) is 1.51. The number of ether oxygens (including phenoxy) is 1. The Morgan fingerprint density at radius 1 is 1.18 bits per heavy atom. The van der Waals surface area contributed by atoms with Crippen LogP contribution in [0.15, 0.2) is 46.9 Å². The molecule has 2 aromatic carbocycles. The Balaban J connectivity index is 2.14. The number of rotatable bonds is 3. The predicted octanol–water partition coefficient (Wildman–Crippen LogP) is 4.48. The van der Waals surface area contributed by atoms with E-state index in [4.69, 9.17) is 4.74 Å². The maximum Gasteiger partial charge on any atom is 0.128 e. The Labute approximate surface area is 108 Å². The van der Waals surface area contributed by atoms with Gasteiger partial charge in [0, 0.05) is 16.1 Å². The maximum absolute atomic E-state index is 13.2. The Morgan fingerprint density at radius 2 is 1.88 bits per heavy atom. The van der Waals surface area contributed by atoms with Gasteiger partial charge < -0.3 is 4.74 Å². The van der Waals surface area contributed by atoms with Crippen LogP contribution in [-0.2, 0) is 6.61 Å². The summed E-state index contributed by atoms with van der Waals surface area (Å²) in [4.78, 5) is 0. The summed E-state index contributed by atoms with van der Waals surface area (Å²) in [5.74, 6) is 0.270. The Kier molecular flexibility index (Phi) is 3.79. The molecule has 1 nitrogen and oxygen atoms in total. The second kappa shape index (κ2) is 5.32. The molecule has 0 aromatic heterocycles. The molecule has 0 N–H and O–H groups in total. The van der Waals surface area contributed by atoms with Crippen LogP contribution in [0.25, 0.3) is 0 Å². The summed E-state index contributed by atoms with van der Waals surface area (Å²) in [6.07, 6.45) is 0. The van der Waals surface area contributed by atoms with Gasteiger partial charge in [-0.1, -0.05) is 46.3 Å². The molecule has 0 aliphatic rings. The molecule has 0 amide bonds. The van der Waals surface area contributed by atoms with E-state index >= 15 is 0 Å². The van der Waals surface area contributed by atoms with E-state index in [1.807, 2.05) is 37.3 Å². The maximum atomic E-state index is 13.2. The number of hydrogen-bond donors (Lipinski definition) is 0. The van der Waals surface area contributed by atoms with Gasteiger partial charge in [0.25, 0.3) is 0 Å². The summed E-state index contributed by atoms with van der Waals surface area (Å²) in [7, 11) is 0. The van der Waals surface area contributed by atoms with E-state index in [0.717, 1.165) is 15.6 Å². The molecule has 3 heteroatoms. The van der Waals surface area contributed by atoms with Gasteiger partial charge in [0.2, 0.25) is 0 Å². The first-order chi connectivity index (χ1) is 8.16. The van der Waals surface area contributed by atoms with Crippen LogP contribution in [0.3, 0.4) is 0 Å². The Hall–Kier alpha value is -1.35. The zero-order valence-electron chi connectivity index (χ0n) is 9.41. The highest BCUT2D eigenvalue weighted by molar-refractivity contribution is 9.10. The number of benzene rings is 2. The SMILES string of the molecule is Cc1c(Br)cc(F)cc1OCc1ccccc1. The van der Waals surface area contributed by atoms with E-state index in [1.54, 1.807) is 0 Å². The van der Waals surface area contributed by atoms with Gasteiger partial charge >= 0.3 is 0 Å². The third-order valence-electron chi connectivity index (χ3n) is 2.50. The summed E-state index contributed by atoms with van der Waals surface area (Å²) in [6, 6.07) is 12.6. The van der Waals surface area contributed by atoms with E-state index < -0.39 is 0 Å². The van der Waals surface area contributed by atoms with Crippen molar-refractivity contribution in [3.63, 3.8) is 0 Å². The fraction of sp³-hybridized carbons (Fsp3) is 0.143. The highest BCUT2D eigenvalue weighted by atomic mass is 79.9. The lowest BCUT2D eigenvalue weighted by atomic mass is 10.2. The molecule has 0 atom stereocenters. The van der Waals surface area contributed by atoms with E-state index in [9.17, 15) is 4.39 Å². The molecule has 2 rings (SSSR count). The van der Waals surface area contributed by atoms with Crippen LogP contribution >= 0.6 is 15.9 Å². The van der Waals surface area contributed by atoms with E-state index in [2.05, 4.69) is 15.9 Å². The molecule has 0 saturated carbocycles. The number of halogens is 2. The first-order valence-electron chi connectivity index (χ1n) is 5.29. The van der Waals surface area contributed by atoms with E-state index in [0.29, 0.717) is 12.4 Å². The number of hydrogen-bond acceptors (Lipinski definition) is 1. The lowest BCUT2D eigenvalue weighted by Gasteiger charge is -2.10. The molecule has 0 aliphatic heterocycles. The molecule has 2 aromatic rings. The van der Waals surface area contributed by atoms with Gasteiger partial charge in [-0.05, 0) is 18.6 Å². The Bertz CT molecular complexity index is 511. The van der Waals surface area contributed by atoms with Gasteiger partial charge in [-0.15, -0.1) is 0 Å².